The molecule has 0 amide bonds. The average molecular weight is 485 g/mol. The number of hydrogen-bond acceptors (Lipinski definition) is 8. The van der Waals surface area contributed by atoms with Gasteiger partial charge in [0.15, 0.2) is 11.6 Å². The Labute approximate surface area is 188 Å². The number of ether oxygens (including phenoxy) is 2. The summed E-state index contributed by atoms with van der Waals surface area (Å²) in [4.78, 5) is 12.7. The molecule has 8 nitrogen and oxygen atoms in total. The second-order valence-corrected chi connectivity index (χ2v) is 10.1. The Bertz CT molecular complexity index is 1150. The van der Waals surface area contributed by atoms with Crippen LogP contribution in [0.25, 0.3) is 11.4 Å². The maximum Gasteiger partial charge on any atom is 0.534 e. The number of hydrogen-bond donors (Lipinski definition) is 0. The molecule has 2 aromatic heterocycles. The van der Waals surface area contributed by atoms with Crippen LogP contribution in [0.3, 0.4) is 0 Å². The second-order valence-electron chi connectivity index (χ2n) is 8.58. The van der Waals surface area contributed by atoms with Gasteiger partial charge in [0.2, 0.25) is 5.88 Å². The molecule has 0 aromatic carbocycles. The minimum atomic E-state index is -5.88. The smallest absolute Gasteiger partial charge is 0.355 e. The van der Waals surface area contributed by atoms with Crippen molar-refractivity contribution in [3.63, 3.8) is 0 Å². The van der Waals surface area contributed by atoms with Crippen LogP contribution in [-0.2, 0) is 26.0 Å². The predicted molar refractivity (Wildman–Crippen MR) is 108 cm³/mol. The third-order valence-corrected chi connectivity index (χ3v) is 7.87. The first-order valence-electron chi connectivity index (χ1n) is 10.7. The summed E-state index contributed by atoms with van der Waals surface area (Å²) in [5.41, 5.74) is -4.24. The maximum absolute atomic E-state index is 13.1. The lowest BCUT2D eigenvalue weighted by atomic mass is 9.63. The molecule has 1 aliphatic heterocycles. The monoisotopic (exact) mass is 485 g/mol. The third-order valence-electron chi connectivity index (χ3n) is 6.92. The molecular weight excluding hydrogens is 463 g/mol. The fourth-order valence-electron chi connectivity index (χ4n) is 5.32. The molecule has 12 heteroatoms. The van der Waals surface area contributed by atoms with E-state index >= 15 is 0 Å². The lowest BCUT2D eigenvalue weighted by Gasteiger charge is -2.48. The highest BCUT2D eigenvalue weighted by molar-refractivity contribution is 7.87. The first-order chi connectivity index (χ1) is 15.6. The lowest BCUT2D eigenvalue weighted by molar-refractivity contribution is -0.226. The quantitative estimate of drug-likeness (QED) is 0.480. The van der Waals surface area contributed by atoms with Gasteiger partial charge in [-0.25, -0.2) is 4.98 Å². The fraction of sp³-hybridized carbons (Fsp3) is 0.571. The summed E-state index contributed by atoms with van der Waals surface area (Å²) in [6.45, 7) is 3.11. The summed E-state index contributed by atoms with van der Waals surface area (Å²) in [7, 11) is -5.88. The van der Waals surface area contributed by atoms with Crippen molar-refractivity contribution in [2.24, 2.45) is 11.8 Å². The Hall–Kier alpha value is -2.31. The molecule has 0 bridgehead atoms. The van der Waals surface area contributed by atoms with Crippen LogP contribution in [0.1, 0.15) is 43.4 Å². The summed E-state index contributed by atoms with van der Waals surface area (Å²) >= 11 is 0. The van der Waals surface area contributed by atoms with Crippen molar-refractivity contribution in [1.82, 2.24) is 15.0 Å². The molecule has 2 fully saturated rings. The van der Waals surface area contributed by atoms with E-state index in [2.05, 4.69) is 21.1 Å². The number of fused-ring (bicyclic) bond motifs is 3. The molecule has 3 atom stereocenters. The molecule has 33 heavy (non-hydrogen) atoms. The Morgan fingerprint density at radius 1 is 1.12 bits per heavy atom. The van der Waals surface area contributed by atoms with Gasteiger partial charge in [-0.1, -0.05) is 6.92 Å². The van der Waals surface area contributed by atoms with Crippen LogP contribution in [-0.4, -0.2) is 47.9 Å². The summed E-state index contributed by atoms with van der Waals surface area (Å²) < 4.78 is 79.3. The van der Waals surface area contributed by atoms with Crippen molar-refractivity contribution in [3.05, 3.63) is 35.8 Å². The summed E-state index contributed by atoms with van der Waals surface area (Å²) in [5, 5.41) is 0. The molecule has 5 rings (SSSR count). The molecule has 3 heterocycles. The van der Waals surface area contributed by atoms with Gasteiger partial charge in [0.25, 0.3) is 0 Å². The number of alkyl halides is 3. The Morgan fingerprint density at radius 2 is 1.82 bits per heavy atom. The van der Waals surface area contributed by atoms with Crippen molar-refractivity contribution in [2.45, 2.75) is 49.8 Å². The first-order valence-corrected chi connectivity index (χ1v) is 12.1. The Morgan fingerprint density at radius 3 is 2.48 bits per heavy atom. The van der Waals surface area contributed by atoms with E-state index in [0.717, 1.165) is 0 Å². The van der Waals surface area contributed by atoms with Gasteiger partial charge in [-0.05, 0) is 37.3 Å². The van der Waals surface area contributed by atoms with Gasteiger partial charge in [-0.3, -0.25) is 4.98 Å². The van der Waals surface area contributed by atoms with Gasteiger partial charge in [-0.2, -0.15) is 26.6 Å². The van der Waals surface area contributed by atoms with E-state index in [1.807, 2.05) is 0 Å². The average Bonchev–Trinajstić information content (AvgIpc) is 3.25. The van der Waals surface area contributed by atoms with Gasteiger partial charge in [0.1, 0.15) is 0 Å². The summed E-state index contributed by atoms with van der Waals surface area (Å²) in [6, 6.07) is 3.20. The number of rotatable bonds is 3. The largest absolute Gasteiger partial charge is 0.534 e. The third kappa shape index (κ3) is 3.77. The number of aromatic nitrogens is 3. The van der Waals surface area contributed by atoms with Crippen LogP contribution >= 0.6 is 0 Å². The Balaban J connectivity index is 1.60. The van der Waals surface area contributed by atoms with Gasteiger partial charge in [-0.15, -0.1) is 0 Å². The number of nitrogens with zero attached hydrogens (tertiary/aromatic N) is 3. The van der Waals surface area contributed by atoms with Gasteiger partial charge in [0, 0.05) is 41.8 Å². The van der Waals surface area contributed by atoms with Crippen molar-refractivity contribution in [2.75, 3.05) is 13.2 Å². The molecule has 178 valence electrons. The van der Waals surface area contributed by atoms with Crippen LogP contribution < -0.4 is 4.18 Å². The van der Waals surface area contributed by atoms with Crippen LogP contribution in [0.5, 0.6) is 5.88 Å². The topological polar surface area (TPSA) is 101 Å². The number of pyridine rings is 1. The molecule has 1 spiro atoms. The van der Waals surface area contributed by atoms with Gasteiger partial charge in [0.05, 0.1) is 18.9 Å². The van der Waals surface area contributed by atoms with E-state index in [1.165, 1.54) is 12.4 Å². The highest BCUT2D eigenvalue weighted by Crippen LogP contribution is 2.54. The van der Waals surface area contributed by atoms with Crippen molar-refractivity contribution in [1.29, 1.82) is 0 Å². The molecule has 1 saturated carbocycles. The van der Waals surface area contributed by atoms with E-state index in [-0.39, 0.29) is 30.0 Å². The normalized spacial score (nSPS) is 26.6. The van der Waals surface area contributed by atoms with Gasteiger partial charge >= 0.3 is 15.6 Å². The number of halogens is 3. The van der Waals surface area contributed by atoms with E-state index in [0.29, 0.717) is 49.3 Å². The highest BCUT2D eigenvalue weighted by atomic mass is 32.2. The molecule has 3 unspecified atom stereocenters. The zero-order valence-electron chi connectivity index (χ0n) is 17.7. The predicted octanol–water partition coefficient (Wildman–Crippen LogP) is 3.59. The van der Waals surface area contributed by atoms with Crippen LogP contribution in [0, 0.1) is 11.8 Å². The minimum Gasteiger partial charge on any atom is -0.355 e. The standard InChI is InChI=1S/C21H22F3N3O5S/c1-12-14-2-3-16-17(15(14)4-7-20(12)30-10-11-31-20)26-18(13-5-8-25-9-6-13)27-19(16)32-33(28,29)21(22,23)24/h5-6,8-9,12,14-15H,2-4,7,10-11H2,1H3. The highest BCUT2D eigenvalue weighted by Gasteiger charge is 2.54. The molecule has 0 N–H and O–H groups in total. The molecule has 1 saturated heterocycles. The van der Waals surface area contributed by atoms with Crippen molar-refractivity contribution in [3.8, 4) is 17.3 Å². The molecular formula is C21H22F3N3O5S. The van der Waals surface area contributed by atoms with Crippen molar-refractivity contribution < 1.29 is 35.2 Å². The molecule has 0 radical (unpaired) electrons. The van der Waals surface area contributed by atoms with E-state index in [4.69, 9.17) is 14.5 Å². The zero-order chi connectivity index (χ0) is 23.4. The minimum absolute atomic E-state index is 0.0366. The lowest BCUT2D eigenvalue weighted by Crippen LogP contribution is -2.48. The molecule has 2 aliphatic carbocycles. The maximum atomic E-state index is 13.1. The Kier molecular flexibility index (Phi) is 5.37. The van der Waals surface area contributed by atoms with Crippen LogP contribution in [0.4, 0.5) is 13.2 Å². The van der Waals surface area contributed by atoms with Crippen molar-refractivity contribution >= 4 is 10.1 Å². The first kappa shape index (κ1) is 22.5. The van der Waals surface area contributed by atoms with Crippen LogP contribution in [0.2, 0.25) is 0 Å². The summed E-state index contributed by atoms with van der Waals surface area (Å²) in [5.74, 6) is -1.10. The summed E-state index contributed by atoms with van der Waals surface area (Å²) in [6.07, 6.45) is 5.13. The zero-order valence-corrected chi connectivity index (χ0v) is 18.5. The van der Waals surface area contributed by atoms with Crippen LogP contribution in [0.15, 0.2) is 24.5 Å². The van der Waals surface area contributed by atoms with Gasteiger partial charge < -0.3 is 13.7 Å². The van der Waals surface area contributed by atoms with E-state index < -0.39 is 27.3 Å². The van der Waals surface area contributed by atoms with E-state index in [9.17, 15) is 21.6 Å². The molecule has 2 aromatic rings. The van der Waals surface area contributed by atoms with E-state index in [1.54, 1.807) is 12.1 Å². The molecule has 3 aliphatic rings. The SMILES string of the molecule is CC1C2CCc3c(OS(=O)(=O)C(F)(F)F)nc(-c4ccncc4)nc3C2CCC12OCCO2. The fourth-order valence-corrected chi connectivity index (χ4v) is 5.76. The second kappa shape index (κ2) is 7.88.